The summed E-state index contributed by atoms with van der Waals surface area (Å²) in [5.41, 5.74) is 4.72. The van der Waals surface area contributed by atoms with E-state index in [2.05, 4.69) is 78.3 Å². The number of amides is 1. The zero-order valence-corrected chi connectivity index (χ0v) is 17.2. The third-order valence-corrected chi connectivity index (χ3v) is 7.20. The van der Waals surface area contributed by atoms with Gasteiger partial charge < -0.3 is 0 Å². The molecule has 130 valence electrons. The Kier molecular flexibility index (Phi) is 7.27. The van der Waals surface area contributed by atoms with Gasteiger partial charge >= 0.3 is 0 Å². The van der Waals surface area contributed by atoms with E-state index in [1.165, 1.54) is 16.8 Å². The number of para-hydroxylation sites is 1. The molecule has 0 aliphatic heterocycles. The van der Waals surface area contributed by atoms with Gasteiger partial charge in [0.25, 0.3) is 0 Å². The van der Waals surface area contributed by atoms with Crippen molar-refractivity contribution in [2.45, 2.75) is 85.5 Å². The molecule has 0 spiro atoms. The largest absolute Gasteiger partial charge is 0.290 e. The molecule has 0 heterocycles. The van der Waals surface area contributed by atoms with Gasteiger partial charge in [0, 0.05) is 15.0 Å². The smallest absolute Gasteiger partial charge is 0.227 e. The van der Waals surface area contributed by atoms with Gasteiger partial charge in [0.2, 0.25) is 5.91 Å². The molecule has 0 bridgehead atoms. The summed E-state index contributed by atoms with van der Waals surface area (Å²) in [6.45, 7) is 19.6. The second-order valence-electron chi connectivity index (χ2n) is 7.49. The summed E-state index contributed by atoms with van der Waals surface area (Å²) in [6, 6.07) is 6.52. The molecule has 0 aromatic heterocycles. The van der Waals surface area contributed by atoms with Crippen LogP contribution in [0.25, 0.3) is 0 Å². The Hall–Kier alpha value is -0.880. The summed E-state index contributed by atoms with van der Waals surface area (Å²) in [6.07, 6.45) is 0. The Morgan fingerprint density at radius 2 is 1.26 bits per heavy atom. The zero-order valence-electron chi connectivity index (χ0n) is 16.3. The van der Waals surface area contributed by atoms with E-state index in [-0.39, 0.29) is 5.91 Å². The maximum atomic E-state index is 12.7. The van der Waals surface area contributed by atoms with Gasteiger partial charge in [-0.3, -0.25) is 9.46 Å². The maximum Gasteiger partial charge on any atom is 0.227 e. The highest BCUT2D eigenvalue weighted by atomic mass is 31.1. The topological polar surface area (TPSA) is 20.3 Å². The van der Waals surface area contributed by atoms with Crippen molar-refractivity contribution in [3.63, 3.8) is 0 Å². The summed E-state index contributed by atoms with van der Waals surface area (Å²) < 4.78 is 2.15. The van der Waals surface area contributed by atoms with Gasteiger partial charge in [0.05, 0.1) is 5.69 Å². The fourth-order valence-electron chi connectivity index (χ4n) is 3.25. The molecule has 3 heteroatoms. The molecular formula is C20H34NOP. The lowest BCUT2D eigenvalue weighted by molar-refractivity contribution is -0.115. The summed E-state index contributed by atoms with van der Waals surface area (Å²) in [7, 11) is -0.556. The number of anilines is 1. The first-order chi connectivity index (χ1) is 10.6. The van der Waals surface area contributed by atoms with Crippen molar-refractivity contribution in [1.29, 1.82) is 0 Å². The van der Waals surface area contributed by atoms with E-state index in [9.17, 15) is 4.79 Å². The normalized spacial score (nSPS) is 12.1. The van der Waals surface area contributed by atoms with Crippen LogP contribution in [0.5, 0.6) is 0 Å². The molecule has 0 fully saturated rings. The van der Waals surface area contributed by atoms with Crippen molar-refractivity contribution >= 4 is 19.7 Å². The van der Waals surface area contributed by atoms with Crippen molar-refractivity contribution in [2.24, 2.45) is 0 Å². The second-order valence-corrected chi connectivity index (χ2v) is 10.7. The van der Waals surface area contributed by atoms with Gasteiger partial charge in [-0.1, -0.05) is 73.6 Å². The minimum absolute atomic E-state index is 0.175. The maximum absolute atomic E-state index is 12.7. The third-order valence-electron chi connectivity index (χ3n) is 4.14. The van der Waals surface area contributed by atoms with Gasteiger partial charge in [-0.05, 0) is 34.3 Å². The predicted molar refractivity (Wildman–Crippen MR) is 105 cm³/mol. The van der Waals surface area contributed by atoms with E-state index in [1.54, 1.807) is 6.92 Å². The van der Waals surface area contributed by atoms with Crippen molar-refractivity contribution in [2.75, 3.05) is 4.67 Å². The molecule has 1 rings (SSSR count). The minimum Gasteiger partial charge on any atom is -0.290 e. The number of benzene rings is 1. The number of rotatable bonds is 6. The molecule has 0 saturated heterocycles. The molecule has 0 N–H and O–H groups in total. The van der Waals surface area contributed by atoms with E-state index < -0.39 is 8.07 Å². The SMILES string of the molecule is CC(=O)N(c1c(C(C)C)cccc1C(C)C)P(C(C)C)C(C)C. The molecule has 1 aromatic carbocycles. The van der Waals surface area contributed by atoms with Crippen molar-refractivity contribution in [3.8, 4) is 0 Å². The monoisotopic (exact) mass is 335 g/mol. The number of carbonyl (C=O) groups is 1. The van der Waals surface area contributed by atoms with Crippen LogP contribution in [0, 0.1) is 0 Å². The van der Waals surface area contributed by atoms with Crippen molar-refractivity contribution in [3.05, 3.63) is 29.3 Å². The fraction of sp³-hybridized carbons (Fsp3) is 0.650. The first-order valence-electron chi connectivity index (χ1n) is 8.81. The molecule has 1 amide bonds. The lowest BCUT2D eigenvalue weighted by Gasteiger charge is -2.39. The molecule has 0 radical (unpaired) electrons. The Morgan fingerprint density at radius 3 is 1.52 bits per heavy atom. The highest BCUT2D eigenvalue weighted by Crippen LogP contribution is 2.54. The van der Waals surface area contributed by atoms with Crippen LogP contribution in [0.1, 0.15) is 85.3 Å². The molecule has 1 aromatic rings. The van der Waals surface area contributed by atoms with Gasteiger partial charge in [0.1, 0.15) is 0 Å². The standard InChI is InChI=1S/C20H34NOP/c1-13(2)18-11-10-12-19(14(3)4)20(18)21(17(9)22)23(15(5)6)16(7)8/h10-16H,1-9H3. The number of carbonyl (C=O) groups excluding carboxylic acids is 1. The molecule has 0 aliphatic rings. The number of nitrogens with zero attached hydrogens (tertiary/aromatic N) is 1. The fourth-order valence-corrected chi connectivity index (χ4v) is 6.15. The molecule has 0 unspecified atom stereocenters. The number of hydrogen-bond acceptors (Lipinski definition) is 1. The van der Waals surface area contributed by atoms with E-state index in [0.29, 0.717) is 23.2 Å². The van der Waals surface area contributed by atoms with Gasteiger partial charge in [-0.15, -0.1) is 0 Å². The molecular weight excluding hydrogens is 301 g/mol. The lowest BCUT2D eigenvalue weighted by Crippen LogP contribution is -2.31. The Bertz CT molecular complexity index is 500. The van der Waals surface area contributed by atoms with Crippen LogP contribution in [0.15, 0.2) is 18.2 Å². The van der Waals surface area contributed by atoms with Crippen LogP contribution in [0.3, 0.4) is 0 Å². The summed E-state index contributed by atoms with van der Waals surface area (Å²) in [4.78, 5) is 12.7. The van der Waals surface area contributed by atoms with Crippen LogP contribution in [-0.4, -0.2) is 17.2 Å². The molecule has 23 heavy (non-hydrogen) atoms. The Morgan fingerprint density at radius 1 is 0.870 bits per heavy atom. The lowest BCUT2D eigenvalue weighted by atomic mass is 9.92. The Labute approximate surface area is 144 Å². The van der Waals surface area contributed by atoms with Crippen molar-refractivity contribution < 1.29 is 4.79 Å². The second kappa shape index (κ2) is 8.29. The minimum atomic E-state index is -0.556. The average molecular weight is 335 g/mol. The van der Waals surface area contributed by atoms with Crippen LogP contribution in [-0.2, 0) is 4.79 Å². The highest BCUT2D eigenvalue weighted by Gasteiger charge is 2.32. The number of hydrogen-bond donors (Lipinski definition) is 0. The third kappa shape index (κ3) is 4.57. The van der Waals surface area contributed by atoms with E-state index in [0.717, 1.165) is 0 Å². The van der Waals surface area contributed by atoms with E-state index in [4.69, 9.17) is 0 Å². The molecule has 0 saturated carbocycles. The van der Waals surface area contributed by atoms with Gasteiger partial charge in [0.15, 0.2) is 0 Å². The quantitative estimate of drug-likeness (QED) is 0.543. The van der Waals surface area contributed by atoms with Crippen molar-refractivity contribution in [1.82, 2.24) is 0 Å². The summed E-state index contributed by atoms with van der Waals surface area (Å²) in [5, 5.41) is 0. The first-order valence-corrected chi connectivity index (χ1v) is 10.2. The predicted octanol–water partition coefficient (Wildman–Crippen LogP) is 6.50. The van der Waals surface area contributed by atoms with Gasteiger partial charge in [-0.25, -0.2) is 0 Å². The Balaban J connectivity index is 3.68. The van der Waals surface area contributed by atoms with E-state index in [1.807, 2.05) is 0 Å². The van der Waals surface area contributed by atoms with Gasteiger partial charge in [-0.2, -0.15) is 0 Å². The van der Waals surface area contributed by atoms with Crippen LogP contribution >= 0.6 is 8.07 Å². The van der Waals surface area contributed by atoms with Crippen LogP contribution < -0.4 is 4.67 Å². The summed E-state index contributed by atoms with van der Waals surface area (Å²) >= 11 is 0. The first kappa shape index (κ1) is 20.2. The average Bonchev–Trinajstić information content (AvgIpc) is 2.42. The van der Waals surface area contributed by atoms with E-state index >= 15 is 0 Å². The van der Waals surface area contributed by atoms with Crippen LogP contribution in [0.2, 0.25) is 0 Å². The molecule has 2 nitrogen and oxygen atoms in total. The molecule has 0 atom stereocenters. The zero-order chi connectivity index (χ0) is 17.9. The molecule has 0 aliphatic carbocycles. The summed E-state index contributed by atoms with van der Waals surface area (Å²) in [5.74, 6) is 0.983. The van der Waals surface area contributed by atoms with Crippen LogP contribution in [0.4, 0.5) is 5.69 Å². The highest BCUT2D eigenvalue weighted by molar-refractivity contribution is 7.61.